The van der Waals surface area contributed by atoms with Crippen LogP contribution in [0.15, 0.2) is 41.0 Å². The molecule has 3 nitrogen and oxygen atoms in total. The zero-order chi connectivity index (χ0) is 13.0. The molecule has 0 amide bonds. The van der Waals surface area contributed by atoms with Crippen molar-refractivity contribution in [1.82, 2.24) is 4.98 Å². The Kier molecular flexibility index (Phi) is 3.96. The lowest BCUT2D eigenvalue weighted by molar-refractivity contribution is 0.458. The number of pyridine rings is 1. The van der Waals surface area contributed by atoms with Gasteiger partial charge in [-0.25, -0.2) is 4.98 Å². The molecule has 0 saturated heterocycles. The Balaban J connectivity index is 2.16. The van der Waals surface area contributed by atoms with Crippen LogP contribution in [0, 0.1) is 18.3 Å². The van der Waals surface area contributed by atoms with E-state index in [1.54, 1.807) is 6.20 Å². The summed E-state index contributed by atoms with van der Waals surface area (Å²) in [6, 6.07) is 11.5. The summed E-state index contributed by atoms with van der Waals surface area (Å²) in [7, 11) is 0. The minimum Gasteiger partial charge on any atom is -0.439 e. The molecule has 0 aliphatic heterocycles. The third-order valence-corrected chi connectivity index (χ3v) is 2.85. The Labute approximate surface area is 114 Å². The second-order valence-corrected chi connectivity index (χ2v) is 4.77. The molecule has 0 N–H and O–H groups in total. The van der Waals surface area contributed by atoms with Crippen molar-refractivity contribution in [2.45, 2.75) is 13.3 Å². The highest BCUT2D eigenvalue weighted by Gasteiger charge is 2.03. The van der Waals surface area contributed by atoms with Gasteiger partial charge in [0.05, 0.1) is 12.5 Å². The number of rotatable bonds is 3. The number of nitriles is 1. The zero-order valence-electron chi connectivity index (χ0n) is 9.85. The highest BCUT2D eigenvalue weighted by molar-refractivity contribution is 9.10. The van der Waals surface area contributed by atoms with E-state index in [9.17, 15) is 0 Å². The molecule has 4 heteroatoms. The molecule has 90 valence electrons. The molecule has 0 atom stereocenters. The predicted molar refractivity (Wildman–Crippen MR) is 72.5 cm³/mol. The van der Waals surface area contributed by atoms with E-state index in [4.69, 9.17) is 10.00 Å². The predicted octanol–water partition coefficient (Wildman–Crippen LogP) is 4.01. The number of aryl methyl sites for hydroxylation is 1. The van der Waals surface area contributed by atoms with Crippen LogP contribution in [0.25, 0.3) is 0 Å². The van der Waals surface area contributed by atoms with Crippen molar-refractivity contribution in [3.63, 3.8) is 0 Å². The molecule has 0 aliphatic carbocycles. The number of benzene rings is 1. The molecule has 0 saturated carbocycles. The Bertz CT molecular complexity index is 588. The fourth-order valence-corrected chi connectivity index (χ4v) is 1.96. The first-order valence-electron chi connectivity index (χ1n) is 5.45. The maximum absolute atomic E-state index is 8.59. The van der Waals surface area contributed by atoms with Gasteiger partial charge in [-0.3, -0.25) is 0 Å². The van der Waals surface area contributed by atoms with Gasteiger partial charge in [-0.1, -0.05) is 12.1 Å². The Morgan fingerprint density at radius 2 is 2.06 bits per heavy atom. The lowest BCUT2D eigenvalue weighted by Gasteiger charge is -2.07. The van der Waals surface area contributed by atoms with E-state index < -0.39 is 0 Å². The fraction of sp³-hybridized carbons (Fsp3) is 0.143. The van der Waals surface area contributed by atoms with Gasteiger partial charge in [0.25, 0.3) is 0 Å². The molecular formula is C14H11BrN2O. The molecule has 0 aliphatic rings. The number of aromatic nitrogens is 1. The second-order valence-electron chi connectivity index (χ2n) is 3.86. The third-order valence-electron chi connectivity index (χ3n) is 2.42. The summed E-state index contributed by atoms with van der Waals surface area (Å²) >= 11 is 3.36. The van der Waals surface area contributed by atoms with Gasteiger partial charge in [-0.05, 0) is 46.6 Å². The monoisotopic (exact) mass is 302 g/mol. The first kappa shape index (κ1) is 12.6. The highest BCUT2D eigenvalue weighted by atomic mass is 79.9. The fourth-order valence-electron chi connectivity index (χ4n) is 1.51. The minimum atomic E-state index is 0.413. The van der Waals surface area contributed by atoms with Gasteiger partial charge in [-0.2, -0.15) is 5.26 Å². The van der Waals surface area contributed by atoms with Crippen LogP contribution < -0.4 is 4.74 Å². The summed E-state index contributed by atoms with van der Waals surface area (Å²) in [6.45, 7) is 1.94. The van der Waals surface area contributed by atoms with Crippen molar-refractivity contribution in [2.75, 3.05) is 0 Å². The van der Waals surface area contributed by atoms with Crippen molar-refractivity contribution < 1.29 is 4.74 Å². The summed E-state index contributed by atoms with van der Waals surface area (Å²) in [5.41, 5.74) is 1.94. The van der Waals surface area contributed by atoms with E-state index >= 15 is 0 Å². The van der Waals surface area contributed by atoms with Crippen LogP contribution in [0.4, 0.5) is 0 Å². The summed E-state index contributed by atoms with van der Waals surface area (Å²) < 4.78 is 6.61. The molecule has 0 fully saturated rings. The molecule has 2 aromatic rings. The molecule has 0 bridgehead atoms. The number of nitrogens with zero attached hydrogens (tertiary/aromatic N) is 2. The standard InChI is InChI=1S/C14H11BrN2O/c1-10-8-12(15)9-17-14(10)18-13-4-2-11(3-5-13)6-7-16/h2-5,8-9H,6H2,1H3. The van der Waals surface area contributed by atoms with Crippen molar-refractivity contribution in [3.05, 3.63) is 52.1 Å². The van der Waals surface area contributed by atoms with E-state index in [1.165, 1.54) is 0 Å². The summed E-state index contributed by atoms with van der Waals surface area (Å²) in [6.07, 6.45) is 2.11. The van der Waals surface area contributed by atoms with Gasteiger partial charge in [0.15, 0.2) is 0 Å². The van der Waals surface area contributed by atoms with Crippen molar-refractivity contribution in [1.29, 1.82) is 5.26 Å². The van der Waals surface area contributed by atoms with Crippen LogP contribution in [-0.4, -0.2) is 4.98 Å². The number of hydrogen-bond donors (Lipinski definition) is 0. The lowest BCUT2D eigenvalue weighted by Crippen LogP contribution is -1.91. The first-order valence-corrected chi connectivity index (χ1v) is 6.24. The lowest BCUT2D eigenvalue weighted by atomic mass is 10.2. The van der Waals surface area contributed by atoms with Gasteiger partial charge in [0.2, 0.25) is 5.88 Å². The summed E-state index contributed by atoms with van der Waals surface area (Å²) in [4.78, 5) is 4.21. The van der Waals surface area contributed by atoms with E-state index in [0.717, 1.165) is 21.3 Å². The normalized spacial score (nSPS) is 9.83. The SMILES string of the molecule is Cc1cc(Br)cnc1Oc1ccc(CC#N)cc1. The molecular weight excluding hydrogens is 292 g/mol. The topological polar surface area (TPSA) is 45.9 Å². The van der Waals surface area contributed by atoms with Crippen molar-refractivity contribution in [2.24, 2.45) is 0 Å². The smallest absolute Gasteiger partial charge is 0.222 e. The van der Waals surface area contributed by atoms with E-state index in [0.29, 0.717) is 12.3 Å². The first-order chi connectivity index (χ1) is 8.69. The Morgan fingerprint density at radius 3 is 2.67 bits per heavy atom. The number of hydrogen-bond acceptors (Lipinski definition) is 3. The van der Waals surface area contributed by atoms with Crippen molar-refractivity contribution >= 4 is 15.9 Å². The van der Waals surface area contributed by atoms with E-state index in [-0.39, 0.29) is 0 Å². The molecule has 1 aromatic carbocycles. The second kappa shape index (κ2) is 5.65. The molecule has 0 unspecified atom stereocenters. The van der Waals surface area contributed by atoms with Gasteiger partial charge in [0, 0.05) is 16.2 Å². The Hall–Kier alpha value is -1.86. The van der Waals surface area contributed by atoms with Crippen LogP contribution >= 0.6 is 15.9 Å². The van der Waals surface area contributed by atoms with Crippen LogP contribution in [-0.2, 0) is 6.42 Å². The van der Waals surface area contributed by atoms with Gasteiger partial charge in [-0.15, -0.1) is 0 Å². The molecule has 0 spiro atoms. The third kappa shape index (κ3) is 3.08. The maximum Gasteiger partial charge on any atom is 0.222 e. The highest BCUT2D eigenvalue weighted by Crippen LogP contribution is 2.24. The quantitative estimate of drug-likeness (QED) is 0.860. The van der Waals surface area contributed by atoms with Crippen LogP contribution in [0.3, 0.4) is 0 Å². The largest absolute Gasteiger partial charge is 0.439 e. The summed E-state index contributed by atoms with van der Waals surface area (Å²) in [5, 5.41) is 8.59. The van der Waals surface area contributed by atoms with E-state index in [1.807, 2.05) is 37.3 Å². The van der Waals surface area contributed by atoms with E-state index in [2.05, 4.69) is 27.0 Å². The average Bonchev–Trinajstić information content (AvgIpc) is 2.35. The van der Waals surface area contributed by atoms with Crippen LogP contribution in [0.2, 0.25) is 0 Å². The minimum absolute atomic E-state index is 0.413. The van der Waals surface area contributed by atoms with Gasteiger partial charge >= 0.3 is 0 Å². The Morgan fingerprint density at radius 1 is 1.33 bits per heavy atom. The average molecular weight is 303 g/mol. The molecule has 1 heterocycles. The molecule has 2 rings (SSSR count). The van der Waals surface area contributed by atoms with Gasteiger partial charge < -0.3 is 4.74 Å². The van der Waals surface area contributed by atoms with Gasteiger partial charge in [0.1, 0.15) is 5.75 Å². The number of ether oxygens (including phenoxy) is 1. The van der Waals surface area contributed by atoms with Crippen molar-refractivity contribution in [3.8, 4) is 17.7 Å². The van der Waals surface area contributed by atoms with Crippen LogP contribution in [0.1, 0.15) is 11.1 Å². The number of halogens is 1. The summed E-state index contributed by atoms with van der Waals surface area (Å²) in [5.74, 6) is 1.31. The van der Waals surface area contributed by atoms with Crippen LogP contribution in [0.5, 0.6) is 11.6 Å². The maximum atomic E-state index is 8.59. The molecule has 18 heavy (non-hydrogen) atoms. The zero-order valence-corrected chi connectivity index (χ0v) is 11.4. The molecule has 0 radical (unpaired) electrons. The molecule has 1 aromatic heterocycles.